The van der Waals surface area contributed by atoms with Crippen molar-refractivity contribution in [2.24, 2.45) is 5.73 Å². The third kappa shape index (κ3) is 3.40. The monoisotopic (exact) mass is 266 g/mol. The molecule has 0 aliphatic carbocycles. The summed E-state index contributed by atoms with van der Waals surface area (Å²) < 4.78 is 11.2. The van der Waals surface area contributed by atoms with Crippen LogP contribution in [0.25, 0.3) is 0 Å². The Kier molecular flexibility index (Phi) is 4.49. The first-order valence-corrected chi connectivity index (χ1v) is 7.61. The van der Waals surface area contributed by atoms with Crippen molar-refractivity contribution in [2.75, 3.05) is 11.5 Å². The van der Waals surface area contributed by atoms with Gasteiger partial charge in [0, 0.05) is 40.5 Å². The number of hydrogen-bond acceptors (Lipinski definition) is 3. The van der Waals surface area contributed by atoms with Crippen molar-refractivity contribution in [1.29, 1.82) is 0 Å². The largest absolute Gasteiger partial charge is 0.366 e. The Morgan fingerprint density at radius 1 is 1.33 bits per heavy atom. The number of nitrogens with one attached hydrogen (secondary N) is 1. The molecule has 1 saturated heterocycles. The zero-order chi connectivity index (χ0) is 13.0. The van der Waals surface area contributed by atoms with Gasteiger partial charge in [0.25, 0.3) is 0 Å². The van der Waals surface area contributed by atoms with Crippen molar-refractivity contribution in [2.45, 2.75) is 25.4 Å². The van der Waals surface area contributed by atoms with Gasteiger partial charge in [-0.3, -0.25) is 9.00 Å². The second kappa shape index (κ2) is 6.11. The smallest absolute Gasteiger partial charge is 0.249 e. The molecule has 0 aromatic heterocycles. The molecule has 18 heavy (non-hydrogen) atoms. The van der Waals surface area contributed by atoms with E-state index in [1.807, 2.05) is 18.2 Å². The highest BCUT2D eigenvalue weighted by Gasteiger charge is 2.17. The Morgan fingerprint density at radius 3 is 2.67 bits per heavy atom. The average molecular weight is 266 g/mol. The van der Waals surface area contributed by atoms with Gasteiger partial charge in [-0.2, -0.15) is 0 Å². The standard InChI is InChI=1S/C13H18N2O2S/c14-13(16)12-4-2-1-3-10(12)9-15-11-5-7-18(17)8-6-11/h1-4,11,15H,5-9H2,(H2,14,16). The molecule has 1 fully saturated rings. The minimum Gasteiger partial charge on any atom is -0.366 e. The number of primary amides is 1. The molecule has 0 bridgehead atoms. The van der Waals surface area contributed by atoms with E-state index in [0.717, 1.165) is 29.9 Å². The fourth-order valence-corrected chi connectivity index (χ4v) is 3.47. The van der Waals surface area contributed by atoms with E-state index < -0.39 is 16.7 Å². The van der Waals surface area contributed by atoms with E-state index in [0.29, 0.717) is 18.2 Å². The Balaban J connectivity index is 1.94. The third-order valence-corrected chi connectivity index (χ3v) is 4.63. The second-order valence-electron chi connectivity index (χ2n) is 4.52. The van der Waals surface area contributed by atoms with Crippen LogP contribution in [0.3, 0.4) is 0 Å². The van der Waals surface area contributed by atoms with Gasteiger partial charge in [0.2, 0.25) is 5.91 Å². The van der Waals surface area contributed by atoms with Gasteiger partial charge >= 0.3 is 0 Å². The number of hydrogen-bond donors (Lipinski definition) is 2. The summed E-state index contributed by atoms with van der Waals surface area (Å²) in [4.78, 5) is 11.3. The quantitative estimate of drug-likeness (QED) is 0.846. The number of carbonyl (C=O) groups excluding carboxylic acids is 1. The molecule has 2 rings (SSSR count). The summed E-state index contributed by atoms with van der Waals surface area (Å²) in [5, 5.41) is 3.41. The van der Waals surface area contributed by atoms with E-state index in [1.165, 1.54) is 0 Å². The Hall–Kier alpha value is -1.20. The fraction of sp³-hybridized carbons (Fsp3) is 0.462. The molecular formula is C13H18N2O2S. The van der Waals surface area contributed by atoms with Crippen LogP contribution in [0.2, 0.25) is 0 Å². The minimum atomic E-state index is -0.635. The first kappa shape index (κ1) is 13.2. The molecule has 0 unspecified atom stereocenters. The fourth-order valence-electron chi connectivity index (χ4n) is 2.17. The van der Waals surface area contributed by atoms with Crippen LogP contribution in [0.5, 0.6) is 0 Å². The molecule has 1 aliphatic rings. The van der Waals surface area contributed by atoms with Crippen LogP contribution in [0.15, 0.2) is 24.3 Å². The zero-order valence-electron chi connectivity index (χ0n) is 10.2. The van der Waals surface area contributed by atoms with Crippen molar-refractivity contribution in [3.8, 4) is 0 Å². The molecule has 0 atom stereocenters. The van der Waals surface area contributed by atoms with Gasteiger partial charge in [0.05, 0.1) is 0 Å². The number of nitrogens with two attached hydrogens (primary N) is 1. The lowest BCUT2D eigenvalue weighted by atomic mass is 10.1. The lowest BCUT2D eigenvalue weighted by Crippen LogP contribution is -2.35. The summed E-state index contributed by atoms with van der Waals surface area (Å²) in [6.07, 6.45) is 1.87. The maximum Gasteiger partial charge on any atom is 0.249 e. The van der Waals surface area contributed by atoms with Crippen LogP contribution >= 0.6 is 0 Å². The molecular weight excluding hydrogens is 248 g/mol. The molecule has 1 amide bonds. The van der Waals surface area contributed by atoms with E-state index in [-0.39, 0.29) is 0 Å². The normalized spacial score (nSPS) is 23.8. The van der Waals surface area contributed by atoms with Crippen molar-refractivity contribution in [3.05, 3.63) is 35.4 Å². The van der Waals surface area contributed by atoms with Gasteiger partial charge in [-0.15, -0.1) is 0 Å². The predicted octanol–water partition coefficient (Wildman–Crippen LogP) is 0.786. The summed E-state index contributed by atoms with van der Waals surface area (Å²) in [5.41, 5.74) is 6.84. The molecule has 0 saturated carbocycles. The molecule has 0 spiro atoms. The molecule has 1 aromatic rings. The van der Waals surface area contributed by atoms with Crippen LogP contribution in [-0.2, 0) is 17.3 Å². The summed E-state index contributed by atoms with van der Waals surface area (Å²) in [6.45, 7) is 0.635. The zero-order valence-corrected chi connectivity index (χ0v) is 11.0. The Bertz CT molecular complexity index is 452. The Morgan fingerprint density at radius 2 is 2.00 bits per heavy atom. The summed E-state index contributed by atoms with van der Waals surface area (Å²) in [6, 6.07) is 7.76. The molecule has 98 valence electrons. The van der Waals surface area contributed by atoms with Gasteiger partial charge in [0.1, 0.15) is 0 Å². The summed E-state index contributed by atoms with van der Waals surface area (Å²) in [5.74, 6) is 1.15. The van der Waals surface area contributed by atoms with Gasteiger partial charge in [0.15, 0.2) is 0 Å². The maximum absolute atomic E-state index is 11.3. The van der Waals surface area contributed by atoms with Crippen molar-refractivity contribution >= 4 is 16.7 Å². The van der Waals surface area contributed by atoms with Gasteiger partial charge < -0.3 is 11.1 Å². The predicted molar refractivity (Wildman–Crippen MR) is 72.7 cm³/mol. The van der Waals surface area contributed by atoms with E-state index in [2.05, 4.69) is 5.32 Å². The highest BCUT2D eigenvalue weighted by Crippen LogP contribution is 2.12. The number of carbonyl (C=O) groups is 1. The average Bonchev–Trinajstić information content (AvgIpc) is 2.38. The highest BCUT2D eigenvalue weighted by atomic mass is 32.2. The topological polar surface area (TPSA) is 72.2 Å². The summed E-state index contributed by atoms with van der Waals surface area (Å²) in [7, 11) is -0.635. The first-order valence-electron chi connectivity index (χ1n) is 6.13. The molecule has 0 radical (unpaired) electrons. The van der Waals surface area contributed by atoms with Gasteiger partial charge in [-0.05, 0) is 24.5 Å². The molecule has 1 heterocycles. The van der Waals surface area contributed by atoms with Crippen LogP contribution in [0.4, 0.5) is 0 Å². The first-order chi connectivity index (χ1) is 8.66. The second-order valence-corrected chi connectivity index (χ2v) is 6.22. The molecule has 1 aliphatic heterocycles. The summed E-state index contributed by atoms with van der Waals surface area (Å²) >= 11 is 0. The van der Waals surface area contributed by atoms with Crippen LogP contribution in [-0.4, -0.2) is 27.7 Å². The lowest BCUT2D eigenvalue weighted by molar-refractivity contribution is 0.0999. The van der Waals surface area contributed by atoms with Crippen LogP contribution in [0.1, 0.15) is 28.8 Å². The van der Waals surface area contributed by atoms with Gasteiger partial charge in [-0.25, -0.2) is 0 Å². The Labute approximate surface area is 109 Å². The van der Waals surface area contributed by atoms with E-state index in [9.17, 15) is 9.00 Å². The molecule has 1 aromatic carbocycles. The van der Waals surface area contributed by atoms with E-state index in [4.69, 9.17) is 5.73 Å². The van der Waals surface area contributed by atoms with Crippen molar-refractivity contribution in [3.63, 3.8) is 0 Å². The van der Waals surface area contributed by atoms with E-state index >= 15 is 0 Å². The van der Waals surface area contributed by atoms with Crippen molar-refractivity contribution in [1.82, 2.24) is 5.32 Å². The maximum atomic E-state index is 11.3. The molecule has 4 nitrogen and oxygen atoms in total. The lowest BCUT2D eigenvalue weighted by Gasteiger charge is -2.23. The SMILES string of the molecule is NC(=O)c1ccccc1CNC1CCS(=O)CC1. The molecule has 3 N–H and O–H groups in total. The number of rotatable bonds is 4. The van der Waals surface area contributed by atoms with E-state index in [1.54, 1.807) is 6.07 Å². The minimum absolute atomic E-state index is 0.392. The highest BCUT2D eigenvalue weighted by molar-refractivity contribution is 7.85. The third-order valence-electron chi connectivity index (χ3n) is 3.25. The van der Waals surface area contributed by atoms with Crippen molar-refractivity contribution < 1.29 is 9.00 Å². The van der Waals surface area contributed by atoms with Crippen LogP contribution in [0, 0.1) is 0 Å². The molecule has 5 heteroatoms. The van der Waals surface area contributed by atoms with Gasteiger partial charge in [-0.1, -0.05) is 18.2 Å². The number of benzene rings is 1. The van der Waals surface area contributed by atoms with Crippen LogP contribution < -0.4 is 11.1 Å². The number of amides is 1.